The number of rotatable bonds is 2. The highest BCUT2D eigenvalue weighted by Crippen LogP contribution is 2.23. The number of nitrogens with one attached hydrogen (secondary N) is 1. The third-order valence-corrected chi connectivity index (χ3v) is 7.27. The third-order valence-electron chi connectivity index (χ3n) is 5.50. The Labute approximate surface area is 139 Å². The monoisotopic (exact) mass is 343 g/mol. The highest BCUT2D eigenvalue weighted by Gasteiger charge is 2.31. The summed E-state index contributed by atoms with van der Waals surface area (Å²) in [6.07, 6.45) is 8.55. The van der Waals surface area contributed by atoms with E-state index in [0.29, 0.717) is 12.5 Å². The topological polar surface area (TPSA) is 69.7 Å². The molecule has 6 nitrogen and oxygen atoms in total. The molecule has 0 spiro atoms. The van der Waals surface area contributed by atoms with E-state index in [1.807, 2.05) is 4.90 Å². The van der Waals surface area contributed by atoms with Crippen LogP contribution in [0.2, 0.25) is 0 Å². The van der Waals surface area contributed by atoms with E-state index >= 15 is 0 Å². The number of amides is 2. The first-order valence-corrected chi connectivity index (χ1v) is 10.9. The van der Waals surface area contributed by atoms with Gasteiger partial charge in [-0.1, -0.05) is 25.7 Å². The van der Waals surface area contributed by atoms with Crippen LogP contribution >= 0.6 is 0 Å². The van der Waals surface area contributed by atoms with E-state index in [-0.39, 0.29) is 23.6 Å². The number of piperazine rings is 1. The van der Waals surface area contributed by atoms with Crippen LogP contribution in [0.15, 0.2) is 0 Å². The molecule has 1 unspecified atom stereocenters. The van der Waals surface area contributed by atoms with Gasteiger partial charge in [0.2, 0.25) is 0 Å². The predicted octanol–water partition coefficient (Wildman–Crippen LogP) is 1.22. The molecule has 1 saturated carbocycles. The molecule has 0 aromatic carbocycles. The average molecular weight is 343 g/mol. The van der Waals surface area contributed by atoms with Crippen LogP contribution in [0.4, 0.5) is 4.79 Å². The number of sulfone groups is 1. The summed E-state index contributed by atoms with van der Waals surface area (Å²) in [6, 6.07) is 0.405. The Morgan fingerprint density at radius 2 is 1.57 bits per heavy atom. The van der Waals surface area contributed by atoms with Crippen molar-refractivity contribution in [2.24, 2.45) is 0 Å². The molecule has 1 atom stereocenters. The Hall–Kier alpha value is -0.820. The molecule has 0 aromatic heterocycles. The summed E-state index contributed by atoms with van der Waals surface area (Å²) in [5.41, 5.74) is 0. The minimum absolute atomic E-state index is 0.0902. The largest absolute Gasteiger partial charge is 0.334 e. The summed E-state index contributed by atoms with van der Waals surface area (Å²) in [4.78, 5) is 16.7. The molecule has 3 rings (SSSR count). The van der Waals surface area contributed by atoms with Gasteiger partial charge in [0, 0.05) is 38.3 Å². The Balaban J connectivity index is 1.44. The lowest BCUT2D eigenvalue weighted by Gasteiger charge is -2.39. The number of urea groups is 1. The second-order valence-corrected chi connectivity index (χ2v) is 9.45. The minimum Gasteiger partial charge on any atom is -0.334 e. The highest BCUT2D eigenvalue weighted by molar-refractivity contribution is 7.91. The Bertz CT molecular complexity index is 507. The SMILES string of the molecule is O=C(NC1CCS(=O)(=O)C1)N1CCN(C2CCCCCC2)CC1. The molecule has 23 heavy (non-hydrogen) atoms. The number of carbonyl (C=O) groups excluding carboxylic acids is 1. The second kappa shape index (κ2) is 7.38. The molecule has 2 heterocycles. The van der Waals surface area contributed by atoms with Crippen LogP contribution in [-0.2, 0) is 9.84 Å². The van der Waals surface area contributed by atoms with Crippen molar-refractivity contribution in [1.82, 2.24) is 15.1 Å². The standard InChI is InChI=1S/C16H29N3O3S/c20-16(17-14-7-12-23(21,22)13-14)19-10-8-18(9-11-19)15-5-3-1-2-4-6-15/h14-15H,1-13H2,(H,17,20). The predicted molar refractivity (Wildman–Crippen MR) is 90.2 cm³/mol. The molecule has 0 aromatic rings. The van der Waals surface area contributed by atoms with Gasteiger partial charge < -0.3 is 10.2 Å². The number of hydrogen-bond donors (Lipinski definition) is 1. The molecule has 0 radical (unpaired) electrons. The molecule has 2 aliphatic heterocycles. The zero-order chi connectivity index (χ0) is 16.3. The molecule has 7 heteroatoms. The van der Waals surface area contributed by atoms with Crippen molar-refractivity contribution < 1.29 is 13.2 Å². The van der Waals surface area contributed by atoms with E-state index in [0.717, 1.165) is 26.2 Å². The molecule has 1 N–H and O–H groups in total. The quantitative estimate of drug-likeness (QED) is 0.766. The van der Waals surface area contributed by atoms with Gasteiger partial charge in [0.15, 0.2) is 9.84 Å². The van der Waals surface area contributed by atoms with E-state index in [9.17, 15) is 13.2 Å². The maximum atomic E-state index is 12.3. The van der Waals surface area contributed by atoms with Crippen LogP contribution in [0.1, 0.15) is 44.9 Å². The summed E-state index contributed by atoms with van der Waals surface area (Å²) in [7, 11) is -2.94. The van der Waals surface area contributed by atoms with E-state index < -0.39 is 9.84 Å². The molecular formula is C16H29N3O3S. The van der Waals surface area contributed by atoms with Crippen molar-refractivity contribution >= 4 is 15.9 Å². The van der Waals surface area contributed by atoms with Crippen molar-refractivity contribution in [3.05, 3.63) is 0 Å². The van der Waals surface area contributed by atoms with Crippen LogP contribution in [0.5, 0.6) is 0 Å². The lowest BCUT2D eigenvalue weighted by Crippen LogP contribution is -2.55. The molecule has 2 amide bonds. The van der Waals surface area contributed by atoms with Gasteiger partial charge in [-0.25, -0.2) is 13.2 Å². The number of nitrogens with zero attached hydrogens (tertiary/aromatic N) is 2. The van der Waals surface area contributed by atoms with E-state index in [2.05, 4.69) is 10.2 Å². The van der Waals surface area contributed by atoms with E-state index in [1.165, 1.54) is 38.5 Å². The van der Waals surface area contributed by atoms with Crippen LogP contribution in [0.25, 0.3) is 0 Å². The zero-order valence-electron chi connectivity index (χ0n) is 13.9. The van der Waals surface area contributed by atoms with Crippen LogP contribution in [-0.4, -0.2) is 74.0 Å². The summed E-state index contributed by atoms with van der Waals surface area (Å²) < 4.78 is 22.9. The lowest BCUT2D eigenvalue weighted by molar-refractivity contribution is 0.100. The van der Waals surface area contributed by atoms with Crippen molar-refractivity contribution in [1.29, 1.82) is 0 Å². The Kier molecular flexibility index (Phi) is 5.46. The van der Waals surface area contributed by atoms with Crippen molar-refractivity contribution in [2.75, 3.05) is 37.7 Å². The molecule has 132 valence electrons. The van der Waals surface area contributed by atoms with Crippen molar-refractivity contribution in [2.45, 2.75) is 57.0 Å². The number of carbonyl (C=O) groups is 1. The van der Waals surface area contributed by atoms with Gasteiger partial charge >= 0.3 is 6.03 Å². The molecule has 3 aliphatic rings. The van der Waals surface area contributed by atoms with E-state index in [4.69, 9.17) is 0 Å². The highest BCUT2D eigenvalue weighted by atomic mass is 32.2. The molecule has 0 bridgehead atoms. The molecule has 2 saturated heterocycles. The maximum absolute atomic E-state index is 12.3. The Morgan fingerprint density at radius 3 is 2.13 bits per heavy atom. The van der Waals surface area contributed by atoms with Gasteiger partial charge in [0.05, 0.1) is 11.5 Å². The first-order chi connectivity index (χ1) is 11.0. The fourth-order valence-corrected chi connectivity index (χ4v) is 5.76. The first kappa shape index (κ1) is 17.0. The first-order valence-electron chi connectivity index (χ1n) is 9.03. The van der Waals surface area contributed by atoms with Gasteiger partial charge in [-0.15, -0.1) is 0 Å². The smallest absolute Gasteiger partial charge is 0.317 e. The van der Waals surface area contributed by atoms with Crippen LogP contribution < -0.4 is 5.32 Å². The lowest BCUT2D eigenvalue weighted by atomic mass is 10.1. The van der Waals surface area contributed by atoms with Crippen LogP contribution in [0, 0.1) is 0 Å². The molecular weight excluding hydrogens is 314 g/mol. The average Bonchev–Trinajstić information content (AvgIpc) is 2.75. The minimum atomic E-state index is -2.94. The van der Waals surface area contributed by atoms with Gasteiger partial charge in [-0.05, 0) is 19.3 Å². The molecule has 1 aliphatic carbocycles. The van der Waals surface area contributed by atoms with Crippen molar-refractivity contribution in [3.63, 3.8) is 0 Å². The third kappa shape index (κ3) is 4.59. The van der Waals surface area contributed by atoms with E-state index in [1.54, 1.807) is 0 Å². The van der Waals surface area contributed by atoms with Gasteiger partial charge in [0.25, 0.3) is 0 Å². The normalized spacial score (nSPS) is 30.1. The second-order valence-electron chi connectivity index (χ2n) is 7.22. The van der Waals surface area contributed by atoms with Crippen LogP contribution in [0.3, 0.4) is 0 Å². The van der Waals surface area contributed by atoms with Gasteiger partial charge in [-0.3, -0.25) is 4.90 Å². The van der Waals surface area contributed by atoms with Gasteiger partial charge in [0.1, 0.15) is 0 Å². The Morgan fingerprint density at radius 1 is 0.913 bits per heavy atom. The summed E-state index contributed by atoms with van der Waals surface area (Å²) in [5.74, 6) is 0.300. The summed E-state index contributed by atoms with van der Waals surface area (Å²) >= 11 is 0. The number of hydrogen-bond acceptors (Lipinski definition) is 4. The summed E-state index contributed by atoms with van der Waals surface area (Å²) in [5, 5.41) is 2.90. The van der Waals surface area contributed by atoms with Gasteiger partial charge in [-0.2, -0.15) is 0 Å². The molecule has 3 fully saturated rings. The summed E-state index contributed by atoms with van der Waals surface area (Å²) in [6.45, 7) is 3.39. The fourth-order valence-electron chi connectivity index (χ4n) is 4.09. The fraction of sp³-hybridized carbons (Fsp3) is 0.938. The zero-order valence-corrected chi connectivity index (χ0v) is 14.7. The van der Waals surface area contributed by atoms with Crippen molar-refractivity contribution in [3.8, 4) is 0 Å². The maximum Gasteiger partial charge on any atom is 0.317 e.